The first-order valence-corrected chi connectivity index (χ1v) is 5.18. The van der Waals surface area contributed by atoms with Crippen molar-refractivity contribution in [3.63, 3.8) is 0 Å². The third-order valence-electron chi connectivity index (χ3n) is 1.70. The average Bonchev–Trinajstić information content (AvgIpc) is 2.39. The highest BCUT2D eigenvalue weighted by Gasteiger charge is 2.10. The van der Waals surface area contributed by atoms with Gasteiger partial charge in [0.1, 0.15) is 0 Å². The minimum Gasteiger partial charge on any atom is -0.149 e. The molecule has 62 valence electrons. The second kappa shape index (κ2) is 4.13. The van der Waals surface area contributed by atoms with Crippen LogP contribution in [0.5, 0.6) is 0 Å². The second-order valence-corrected chi connectivity index (χ2v) is 4.64. The first kappa shape index (κ1) is 9.08. The highest BCUT2D eigenvalue weighted by molar-refractivity contribution is 7.09. The molecule has 0 bridgehead atoms. The summed E-state index contributed by atoms with van der Waals surface area (Å²) in [6.07, 6.45) is 1.01. The molecule has 0 nitrogen and oxygen atoms in total. The summed E-state index contributed by atoms with van der Waals surface area (Å²) in [6, 6.07) is 4.21. The smallest absolute Gasteiger partial charge is 0.0407 e. The lowest BCUT2D eigenvalue weighted by atomic mass is 10.1. The molecule has 0 saturated carbocycles. The molecule has 0 N–H and O–H groups in total. The van der Waals surface area contributed by atoms with E-state index in [9.17, 15) is 0 Å². The zero-order chi connectivity index (χ0) is 8.27. The predicted octanol–water partition coefficient (Wildman–Crippen LogP) is 3.55. The minimum atomic E-state index is 0.286. The largest absolute Gasteiger partial charge is 0.149 e. The Hall–Kier alpha value is -0.0100. The first-order valence-electron chi connectivity index (χ1n) is 3.86. The standard InChI is InChI=1S/C9H13ClS/c1-7(2)9(10)6-8-4-3-5-11-8/h3-5,7,9H,6H2,1-2H3. The predicted molar refractivity (Wildman–Crippen MR) is 52.5 cm³/mol. The van der Waals surface area contributed by atoms with E-state index in [0.29, 0.717) is 5.92 Å². The van der Waals surface area contributed by atoms with Crippen LogP contribution < -0.4 is 0 Å². The summed E-state index contributed by atoms with van der Waals surface area (Å²) in [7, 11) is 0. The number of thiophene rings is 1. The van der Waals surface area contributed by atoms with E-state index in [1.54, 1.807) is 11.3 Å². The van der Waals surface area contributed by atoms with Gasteiger partial charge in [-0.1, -0.05) is 19.9 Å². The van der Waals surface area contributed by atoms with Crippen molar-refractivity contribution in [2.45, 2.75) is 25.6 Å². The van der Waals surface area contributed by atoms with Crippen LogP contribution in [0.25, 0.3) is 0 Å². The van der Waals surface area contributed by atoms with Crippen LogP contribution in [0, 0.1) is 5.92 Å². The molecule has 1 atom stereocenters. The van der Waals surface area contributed by atoms with Gasteiger partial charge in [-0.3, -0.25) is 0 Å². The van der Waals surface area contributed by atoms with E-state index in [-0.39, 0.29) is 5.38 Å². The van der Waals surface area contributed by atoms with Gasteiger partial charge in [0.05, 0.1) is 0 Å². The van der Waals surface area contributed by atoms with E-state index in [1.165, 1.54) is 4.88 Å². The van der Waals surface area contributed by atoms with Crippen LogP contribution in [0.2, 0.25) is 0 Å². The highest BCUT2D eigenvalue weighted by Crippen LogP contribution is 2.18. The fraction of sp³-hybridized carbons (Fsp3) is 0.556. The van der Waals surface area contributed by atoms with Gasteiger partial charge in [0.2, 0.25) is 0 Å². The second-order valence-electron chi connectivity index (χ2n) is 3.04. The highest BCUT2D eigenvalue weighted by atomic mass is 35.5. The molecule has 11 heavy (non-hydrogen) atoms. The molecule has 0 aliphatic carbocycles. The van der Waals surface area contributed by atoms with E-state index in [2.05, 4.69) is 31.4 Å². The van der Waals surface area contributed by atoms with E-state index >= 15 is 0 Å². The Balaban J connectivity index is 2.43. The normalized spacial score (nSPS) is 13.8. The number of hydrogen-bond donors (Lipinski definition) is 0. The van der Waals surface area contributed by atoms with Gasteiger partial charge < -0.3 is 0 Å². The maximum absolute atomic E-state index is 6.11. The van der Waals surface area contributed by atoms with E-state index in [1.807, 2.05) is 0 Å². The van der Waals surface area contributed by atoms with Crippen molar-refractivity contribution in [2.75, 3.05) is 0 Å². The van der Waals surface area contributed by atoms with Crippen molar-refractivity contribution < 1.29 is 0 Å². The van der Waals surface area contributed by atoms with Crippen molar-refractivity contribution in [3.05, 3.63) is 22.4 Å². The van der Waals surface area contributed by atoms with Crippen LogP contribution >= 0.6 is 22.9 Å². The van der Waals surface area contributed by atoms with Crippen LogP contribution in [0.4, 0.5) is 0 Å². The zero-order valence-corrected chi connectivity index (χ0v) is 8.45. The van der Waals surface area contributed by atoms with Crippen LogP contribution in [-0.2, 0) is 6.42 Å². The number of alkyl halides is 1. The summed E-state index contributed by atoms with van der Waals surface area (Å²) in [6.45, 7) is 4.32. The Morgan fingerprint density at radius 3 is 2.73 bits per heavy atom. The molecular weight excluding hydrogens is 176 g/mol. The molecular formula is C9H13ClS. The molecule has 0 spiro atoms. The molecule has 0 amide bonds. The molecule has 0 aromatic carbocycles. The summed E-state index contributed by atoms with van der Waals surface area (Å²) < 4.78 is 0. The Bertz CT molecular complexity index is 191. The summed E-state index contributed by atoms with van der Waals surface area (Å²) in [5, 5.41) is 2.38. The number of hydrogen-bond acceptors (Lipinski definition) is 1. The van der Waals surface area contributed by atoms with Gasteiger partial charge in [0.15, 0.2) is 0 Å². The van der Waals surface area contributed by atoms with Crippen molar-refractivity contribution >= 4 is 22.9 Å². The SMILES string of the molecule is CC(C)C(Cl)Cc1cccs1. The monoisotopic (exact) mass is 188 g/mol. The van der Waals surface area contributed by atoms with Crippen LogP contribution in [0.3, 0.4) is 0 Å². The molecule has 0 saturated heterocycles. The Morgan fingerprint density at radius 1 is 1.55 bits per heavy atom. The molecule has 0 aliphatic rings. The Labute approximate surface area is 77.2 Å². The van der Waals surface area contributed by atoms with Gasteiger partial charge in [-0.05, 0) is 23.8 Å². The molecule has 0 fully saturated rings. The third kappa shape index (κ3) is 2.84. The zero-order valence-electron chi connectivity index (χ0n) is 6.88. The molecule has 1 aromatic rings. The van der Waals surface area contributed by atoms with E-state index in [0.717, 1.165) is 6.42 Å². The lowest BCUT2D eigenvalue weighted by Crippen LogP contribution is -2.09. The third-order valence-corrected chi connectivity index (χ3v) is 3.26. The molecule has 0 radical (unpaired) electrons. The maximum atomic E-state index is 6.11. The fourth-order valence-corrected chi connectivity index (χ4v) is 1.88. The Kier molecular flexibility index (Phi) is 3.41. The summed E-state index contributed by atoms with van der Waals surface area (Å²) in [5.74, 6) is 0.568. The van der Waals surface area contributed by atoms with Crippen molar-refractivity contribution in [1.29, 1.82) is 0 Å². The van der Waals surface area contributed by atoms with Crippen LogP contribution in [0.15, 0.2) is 17.5 Å². The van der Waals surface area contributed by atoms with E-state index < -0.39 is 0 Å². The summed E-state index contributed by atoms with van der Waals surface area (Å²) >= 11 is 7.90. The van der Waals surface area contributed by atoms with Gasteiger partial charge in [-0.25, -0.2) is 0 Å². The van der Waals surface area contributed by atoms with Crippen molar-refractivity contribution in [1.82, 2.24) is 0 Å². The molecule has 0 aliphatic heterocycles. The molecule has 1 rings (SSSR count). The minimum absolute atomic E-state index is 0.286. The van der Waals surface area contributed by atoms with Crippen LogP contribution in [0.1, 0.15) is 18.7 Å². The van der Waals surface area contributed by atoms with Gasteiger partial charge in [0.25, 0.3) is 0 Å². The van der Waals surface area contributed by atoms with Crippen LogP contribution in [-0.4, -0.2) is 5.38 Å². The Morgan fingerprint density at radius 2 is 2.27 bits per heavy atom. The number of halogens is 1. The summed E-state index contributed by atoms with van der Waals surface area (Å²) in [5.41, 5.74) is 0. The lowest BCUT2D eigenvalue weighted by Gasteiger charge is -2.10. The van der Waals surface area contributed by atoms with Crippen molar-refractivity contribution in [3.8, 4) is 0 Å². The molecule has 2 heteroatoms. The quantitative estimate of drug-likeness (QED) is 0.637. The lowest BCUT2D eigenvalue weighted by molar-refractivity contribution is 0.599. The van der Waals surface area contributed by atoms with Gasteiger partial charge in [-0.2, -0.15) is 0 Å². The van der Waals surface area contributed by atoms with Gasteiger partial charge in [0, 0.05) is 10.3 Å². The van der Waals surface area contributed by atoms with E-state index in [4.69, 9.17) is 11.6 Å². The first-order chi connectivity index (χ1) is 5.20. The van der Waals surface area contributed by atoms with Crippen molar-refractivity contribution in [2.24, 2.45) is 5.92 Å². The molecule has 1 aromatic heterocycles. The topological polar surface area (TPSA) is 0 Å². The molecule has 1 heterocycles. The van der Waals surface area contributed by atoms with Gasteiger partial charge >= 0.3 is 0 Å². The average molecular weight is 189 g/mol. The fourth-order valence-electron chi connectivity index (χ4n) is 0.857. The van der Waals surface area contributed by atoms with Gasteiger partial charge in [-0.15, -0.1) is 22.9 Å². The summed E-state index contributed by atoms with van der Waals surface area (Å²) in [4.78, 5) is 1.39. The number of rotatable bonds is 3. The molecule has 1 unspecified atom stereocenters. The maximum Gasteiger partial charge on any atom is 0.0407 e.